The van der Waals surface area contributed by atoms with Crippen molar-refractivity contribution in [2.45, 2.75) is 85.0 Å². The van der Waals surface area contributed by atoms with Crippen molar-refractivity contribution in [2.24, 2.45) is 0 Å². The number of unbranched alkanes of at least 4 members (excludes halogenated alkanes) is 7. The van der Waals surface area contributed by atoms with Gasteiger partial charge >= 0.3 is 0 Å². The van der Waals surface area contributed by atoms with Crippen molar-refractivity contribution in [3.05, 3.63) is 11.8 Å². The zero-order chi connectivity index (χ0) is 15.9. The molecule has 0 spiro atoms. The monoisotopic (exact) mass is 297 g/mol. The van der Waals surface area contributed by atoms with Crippen LogP contribution in [0.2, 0.25) is 0 Å². The Balaban J connectivity index is 0.000000885. The Morgan fingerprint density at radius 1 is 1.10 bits per heavy atom. The second kappa shape index (κ2) is 14.0. The van der Waals surface area contributed by atoms with Crippen LogP contribution in [0.15, 0.2) is 11.8 Å². The molecular weight excluding hydrogens is 262 g/mol. The average Bonchev–Trinajstić information content (AvgIpc) is 2.89. The van der Waals surface area contributed by atoms with Gasteiger partial charge in [-0.15, -0.1) is 0 Å². The first-order valence-electron chi connectivity index (χ1n) is 8.73. The molecule has 0 saturated carbocycles. The Hall–Kier alpha value is -0.990. The fourth-order valence-corrected chi connectivity index (χ4v) is 2.57. The molecule has 0 aromatic rings. The third-order valence-corrected chi connectivity index (χ3v) is 3.84. The third kappa shape index (κ3) is 13.7. The average molecular weight is 297 g/mol. The molecule has 0 aromatic carbocycles. The molecule has 124 valence electrons. The van der Waals surface area contributed by atoms with E-state index in [1.165, 1.54) is 77.3 Å². The molecule has 3 nitrogen and oxygen atoms in total. The van der Waals surface area contributed by atoms with Crippen LogP contribution in [0.4, 0.5) is 0 Å². The Labute approximate surface area is 131 Å². The van der Waals surface area contributed by atoms with Gasteiger partial charge in [0.25, 0.3) is 5.97 Å². The van der Waals surface area contributed by atoms with Crippen molar-refractivity contribution in [3.8, 4) is 0 Å². The van der Waals surface area contributed by atoms with Crippen molar-refractivity contribution in [1.82, 2.24) is 4.90 Å². The van der Waals surface area contributed by atoms with Gasteiger partial charge in [0.1, 0.15) is 0 Å². The van der Waals surface area contributed by atoms with Gasteiger partial charge in [-0.1, -0.05) is 64.4 Å². The third-order valence-electron chi connectivity index (χ3n) is 3.84. The number of nitrogens with zero attached hydrogens (tertiary/aromatic N) is 1. The van der Waals surface area contributed by atoms with Gasteiger partial charge < -0.3 is 10.0 Å². The van der Waals surface area contributed by atoms with Crippen LogP contribution in [0.1, 0.15) is 85.0 Å². The van der Waals surface area contributed by atoms with Crippen LogP contribution < -0.4 is 0 Å². The van der Waals surface area contributed by atoms with E-state index in [2.05, 4.69) is 24.9 Å². The van der Waals surface area contributed by atoms with Gasteiger partial charge in [0, 0.05) is 20.0 Å². The van der Waals surface area contributed by atoms with E-state index < -0.39 is 5.97 Å². The van der Waals surface area contributed by atoms with E-state index in [1.54, 1.807) is 5.57 Å². The van der Waals surface area contributed by atoms with E-state index in [0.29, 0.717) is 0 Å². The highest BCUT2D eigenvalue weighted by Crippen LogP contribution is 2.17. The molecule has 3 heteroatoms. The summed E-state index contributed by atoms with van der Waals surface area (Å²) in [5, 5.41) is 7.42. The van der Waals surface area contributed by atoms with E-state index in [0.717, 1.165) is 6.92 Å². The van der Waals surface area contributed by atoms with Gasteiger partial charge in [0.2, 0.25) is 0 Å². The summed E-state index contributed by atoms with van der Waals surface area (Å²) in [6.45, 7) is 8.21. The van der Waals surface area contributed by atoms with Gasteiger partial charge in [0.15, 0.2) is 0 Å². The SMILES string of the molecule is CC(=O)O.CCCCCCCCCCN1C=C(CC)CC1. The maximum atomic E-state index is 9.00. The van der Waals surface area contributed by atoms with Gasteiger partial charge in [-0.25, -0.2) is 0 Å². The molecule has 0 atom stereocenters. The molecule has 0 bridgehead atoms. The normalized spacial score (nSPS) is 13.7. The number of aliphatic carboxylic acids is 1. The molecule has 0 amide bonds. The van der Waals surface area contributed by atoms with Crippen molar-refractivity contribution < 1.29 is 9.90 Å². The maximum Gasteiger partial charge on any atom is 0.300 e. The Morgan fingerprint density at radius 2 is 1.62 bits per heavy atom. The molecule has 0 aliphatic carbocycles. The van der Waals surface area contributed by atoms with Gasteiger partial charge in [-0.05, 0) is 25.5 Å². The van der Waals surface area contributed by atoms with Crippen molar-refractivity contribution in [3.63, 3.8) is 0 Å². The first kappa shape index (κ1) is 20.0. The summed E-state index contributed by atoms with van der Waals surface area (Å²) in [5.41, 5.74) is 1.64. The lowest BCUT2D eigenvalue weighted by atomic mass is 10.1. The summed E-state index contributed by atoms with van der Waals surface area (Å²) in [7, 11) is 0. The van der Waals surface area contributed by atoms with E-state index in [4.69, 9.17) is 9.90 Å². The number of carboxylic acid groups (broad SMARTS) is 1. The van der Waals surface area contributed by atoms with Crippen molar-refractivity contribution in [2.75, 3.05) is 13.1 Å². The molecule has 0 aromatic heterocycles. The zero-order valence-electron chi connectivity index (χ0n) is 14.4. The minimum absolute atomic E-state index is 0.833. The topological polar surface area (TPSA) is 40.5 Å². The van der Waals surface area contributed by atoms with E-state index >= 15 is 0 Å². The fraction of sp³-hybridized carbons (Fsp3) is 0.833. The molecule has 1 N–H and O–H groups in total. The van der Waals surface area contributed by atoms with E-state index in [1.807, 2.05) is 0 Å². The summed E-state index contributed by atoms with van der Waals surface area (Å²) in [6.07, 6.45) is 16.4. The minimum Gasteiger partial charge on any atom is -0.481 e. The largest absolute Gasteiger partial charge is 0.481 e. The molecular formula is C18H35NO2. The molecule has 0 saturated heterocycles. The van der Waals surface area contributed by atoms with Crippen LogP contribution in [-0.4, -0.2) is 29.1 Å². The Morgan fingerprint density at radius 3 is 2.10 bits per heavy atom. The number of carboxylic acids is 1. The van der Waals surface area contributed by atoms with Crippen molar-refractivity contribution >= 4 is 5.97 Å². The van der Waals surface area contributed by atoms with E-state index in [9.17, 15) is 0 Å². The standard InChI is InChI=1S/C16H31N.C2H4O2/c1-3-5-6-7-8-9-10-11-13-17-14-12-16(4-2)15-17;1-2(3)4/h15H,3-14H2,1-2H3;1H3,(H,3,4). The Kier molecular flexibility index (Phi) is 13.3. The van der Waals surface area contributed by atoms with Crippen LogP contribution in [0.5, 0.6) is 0 Å². The van der Waals surface area contributed by atoms with Gasteiger partial charge in [0.05, 0.1) is 0 Å². The van der Waals surface area contributed by atoms with Crippen LogP contribution in [0.25, 0.3) is 0 Å². The highest BCUT2D eigenvalue weighted by Gasteiger charge is 2.09. The van der Waals surface area contributed by atoms with E-state index in [-0.39, 0.29) is 0 Å². The van der Waals surface area contributed by atoms with Crippen molar-refractivity contribution in [1.29, 1.82) is 0 Å². The number of hydrogen-bond donors (Lipinski definition) is 1. The van der Waals surface area contributed by atoms with Gasteiger partial charge in [-0.3, -0.25) is 4.79 Å². The molecule has 1 heterocycles. The first-order valence-corrected chi connectivity index (χ1v) is 8.73. The molecule has 1 aliphatic heterocycles. The molecule has 1 rings (SSSR count). The number of rotatable bonds is 10. The van der Waals surface area contributed by atoms with Crippen LogP contribution >= 0.6 is 0 Å². The molecule has 0 radical (unpaired) electrons. The molecule has 21 heavy (non-hydrogen) atoms. The van der Waals surface area contributed by atoms with Crippen LogP contribution in [0, 0.1) is 0 Å². The highest BCUT2D eigenvalue weighted by molar-refractivity contribution is 5.62. The molecule has 0 unspecified atom stereocenters. The second-order valence-electron chi connectivity index (χ2n) is 5.92. The lowest BCUT2D eigenvalue weighted by Gasteiger charge is -2.14. The minimum atomic E-state index is -0.833. The fourth-order valence-electron chi connectivity index (χ4n) is 2.57. The van der Waals surface area contributed by atoms with Crippen LogP contribution in [-0.2, 0) is 4.79 Å². The smallest absolute Gasteiger partial charge is 0.300 e. The lowest BCUT2D eigenvalue weighted by Crippen LogP contribution is -2.15. The first-order chi connectivity index (χ1) is 10.1. The van der Waals surface area contributed by atoms with Gasteiger partial charge in [-0.2, -0.15) is 0 Å². The summed E-state index contributed by atoms with van der Waals surface area (Å²) >= 11 is 0. The quantitative estimate of drug-likeness (QED) is 0.562. The summed E-state index contributed by atoms with van der Waals surface area (Å²) in [5.74, 6) is -0.833. The number of carbonyl (C=O) groups is 1. The predicted molar refractivity (Wildman–Crippen MR) is 90.5 cm³/mol. The summed E-state index contributed by atoms with van der Waals surface area (Å²) < 4.78 is 0. The molecule has 0 fully saturated rings. The highest BCUT2D eigenvalue weighted by atomic mass is 16.4. The molecule has 1 aliphatic rings. The zero-order valence-corrected chi connectivity index (χ0v) is 14.4. The summed E-state index contributed by atoms with van der Waals surface area (Å²) in [4.78, 5) is 11.5. The second-order valence-corrected chi connectivity index (χ2v) is 5.92. The number of hydrogen-bond acceptors (Lipinski definition) is 2. The Bertz CT molecular complexity index is 283. The van der Waals surface area contributed by atoms with Crippen LogP contribution in [0.3, 0.4) is 0 Å². The maximum absolute atomic E-state index is 9.00. The summed E-state index contributed by atoms with van der Waals surface area (Å²) in [6, 6.07) is 0. The predicted octanol–water partition coefficient (Wildman–Crippen LogP) is 5.22. The lowest BCUT2D eigenvalue weighted by molar-refractivity contribution is -0.134.